The molecular weight excluding hydrogens is 310 g/mol. The van der Waals surface area contributed by atoms with Gasteiger partial charge in [-0.3, -0.25) is 9.36 Å². The SMILES string of the molecule is C[Si](C)(C)CCOCn1cc(CCCO)nc(N2CCC2)c1=O. The van der Waals surface area contributed by atoms with Crippen molar-refractivity contribution in [3.8, 4) is 0 Å². The lowest BCUT2D eigenvalue weighted by Crippen LogP contribution is -2.43. The van der Waals surface area contributed by atoms with Crippen molar-refractivity contribution in [3.63, 3.8) is 0 Å². The van der Waals surface area contributed by atoms with Gasteiger partial charge in [0.1, 0.15) is 6.73 Å². The number of aromatic nitrogens is 2. The molecule has 0 unspecified atom stereocenters. The van der Waals surface area contributed by atoms with E-state index in [4.69, 9.17) is 9.84 Å². The van der Waals surface area contributed by atoms with Crippen LogP contribution in [-0.2, 0) is 17.9 Å². The second kappa shape index (κ2) is 8.08. The van der Waals surface area contributed by atoms with Crippen LogP contribution < -0.4 is 10.5 Å². The van der Waals surface area contributed by atoms with Crippen LogP contribution >= 0.6 is 0 Å². The topological polar surface area (TPSA) is 67.6 Å². The molecule has 23 heavy (non-hydrogen) atoms. The lowest BCUT2D eigenvalue weighted by Gasteiger charge is -2.31. The molecule has 6 nitrogen and oxygen atoms in total. The van der Waals surface area contributed by atoms with Crippen LogP contribution in [0.25, 0.3) is 0 Å². The van der Waals surface area contributed by atoms with E-state index in [1.54, 1.807) is 10.8 Å². The van der Waals surface area contributed by atoms with Crippen molar-refractivity contribution in [1.82, 2.24) is 9.55 Å². The number of rotatable bonds is 9. The Hall–Kier alpha value is -1.18. The molecule has 0 spiro atoms. The Bertz CT molecular complexity index is 565. The smallest absolute Gasteiger partial charge is 0.295 e. The van der Waals surface area contributed by atoms with Gasteiger partial charge in [0, 0.05) is 40.6 Å². The summed E-state index contributed by atoms with van der Waals surface area (Å²) in [5.41, 5.74) is 0.764. The van der Waals surface area contributed by atoms with E-state index < -0.39 is 8.07 Å². The van der Waals surface area contributed by atoms with Gasteiger partial charge in [-0.1, -0.05) is 19.6 Å². The average molecular weight is 340 g/mol. The Morgan fingerprint density at radius 1 is 1.35 bits per heavy atom. The third-order valence-corrected chi connectivity index (χ3v) is 5.68. The molecule has 0 aromatic carbocycles. The van der Waals surface area contributed by atoms with Gasteiger partial charge in [-0.15, -0.1) is 0 Å². The molecule has 1 aromatic rings. The maximum absolute atomic E-state index is 12.6. The second-order valence-electron chi connectivity index (χ2n) is 7.35. The van der Waals surface area contributed by atoms with Crippen molar-refractivity contribution in [2.45, 2.75) is 51.7 Å². The van der Waals surface area contributed by atoms with Gasteiger partial charge < -0.3 is 14.7 Å². The van der Waals surface area contributed by atoms with E-state index in [9.17, 15) is 4.79 Å². The molecule has 2 heterocycles. The first-order valence-electron chi connectivity index (χ1n) is 8.44. The number of anilines is 1. The zero-order valence-electron chi connectivity index (χ0n) is 14.5. The van der Waals surface area contributed by atoms with E-state index in [2.05, 4.69) is 24.6 Å². The molecule has 0 aliphatic carbocycles. The highest BCUT2D eigenvalue weighted by Crippen LogP contribution is 2.15. The number of hydrogen-bond acceptors (Lipinski definition) is 5. The first kappa shape index (κ1) is 18.2. The van der Waals surface area contributed by atoms with Crippen molar-refractivity contribution in [2.24, 2.45) is 0 Å². The van der Waals surface area contributed by atoms with Crippen LogP contribution in [0.2, 0.25) is 25.7 Å². The summed E-state index contributed by atoms with van der Waals surface area (Å²) in [6.45, 7) is 9.81. The van der Waals surface area contributed by atoms with Crippen molar-refractivity contribution < 1.29 is 9.84 Å². The van der Waals surface area contributed by atoms with Crippen molar-refractivity contribution >= 4 is 13.9 Å². The van der Waals surface area contributed by atoms with E-state index in [0.717, 1.165) is 31.2 Å². The summed E-state index contributed by atoms with van der Waals surface area (Å²) in [5, 5.41) is 9.01. The number of nitrogens with zero attached hydrogens (tertiary/aromatic N) is 3. The minimum atomic E-state index is -1.12. The third-order valence-electron chi connectivity index (χ3n) is 3.98. The Kier molecular flexibility index (Phi) is 6.38. The highest BCUT2D eigenvalue weighted by atomic mass is 28.3. The monoisotopic (exact) mass is 339 g/mol. The van der Waals surface area contributed by atoms with Gasteiger partial charge in [0.05, 0.1) is 5.69 Å². The molecule has 0 amide bonds. The number of hydrogen-bond donors (Lipinski definition) is 1. The van der Waals surface area contributed by atoms with E-state index in [0.29, 0.717) is 25.3 Å². The van der Waals surface area contributed by atoms with Crippen LogP contribution in [0.1, 0.15) is 18.5 Å². The highest BCUT2D eigenvalue weighted by Gasteiger charge is 2.21. The first-order valence-corrected chi connectivity index (χ1v) is 12.2. The summed E-state index contributed by atoms with van der Waals surface area (Å²) in [7, 11) is -1.12. The van der Waals surface area contributed by atoms with Gasteiger partial charge in [-0.05, 0) is 25.3 Å². The third kappa shape index (κ3) is 5.44. The lowest BCUT2D eigenvalue weighted by atomic mass is 10.2. The van der Waals surface area contributed by atoms with Crippen molar-refractivity contribution in [1.29, 1.82) is 0 Å². The zero-order chi connectivity index (χ0) is 16.9. The predicted octanol–water partition coefficient (Wildman–Crippen LogP) is 1.69. The molecule has 1 aliphatic rings. The Balaban J connectivity index is 2.08. The van der Waals surface area contributed by atoms with Crippen LogP contribution in [0.3, 0.4) is 0 Å². The number of aryl methyl sites for hydroxylation is 1. The summed E-state index contributed by atoms with van der Waals surface area (Å²) in [6.07, 6.45) is 4.21. The zero-order valence-corrected chi connectivity index (χ0v) is 15.5. The van der Waals surface area contributed by atoms with Crippen LogP contribution in [0.4, 0.5) is 5.82 Å². The quantitative estimate of drug-likeness (QED) is 0.548. The summed E-state index contributed by atoms with van der Waals surface area (Å²) in [5.74, 6) is 0.528. The fourth-order valence-electron chi connectivity index (χ4n) is 2.33. The molecule has 1 N–H and O–H groups in total. The van der Waals surface area contributed by atoms with Crippen LogP contribution in [0.5, 0.6) is 0 Å². The second-order valence-corrected chi connectivity index (χ2v) is 13.0. The lowest BCUT2D eigenvalue weighted by molar-refractivity contribution is 0.0844. The molecule has 2 rings (SSSR count). The van der Waals surface area contributed by atoms with Gasteiger partial charge in [0.2, 0.25) is 0 Å². The van der Waals surface area contributed by atoms with E-state index >= 15 is 0 Å². The molecule has 0 atom stereocenters. The fraction of sp³-hybridized carbons (Fsp3) is 0.750. The summed E-state index contributed by atoms with van der Waals surface area (Å²) in [4.78, 5) is 19.1. The van der Waals surface area contributed by atoms with Gasteiger partial charge in [-0.2, -0.15) is 0 Å². The van der Waals surface area contributed by atoms with Gasteiger partial charge in [0.15, 0.2) is 5.82 Å². The summed E-state index contributed by atoms with van der Waals surface area (Å²) >= 11 is 0. The summed E-state index contributed by atoms with van der Waals surface area (Å²) < 4.78 is 7.35. The maximum Gasteiger partial charge on any atom is 0.295 e. The largest absolute Gasteiger partial charge is 0.396 e. The Morgan fingerprint density at radius 2 is 2.09 bits per heavy atom. The van der Waals surface area contributed by atoms with Crippen molar-refractivity contribution in [3.05, 3.63) is 22.2 Å². The van der Waals surface area contributed by atoms with Crippen LogP contribution in [-0.4, -0.2) is 49.0 Å². The fourth-order valence-corrected chi connectivity index (χ4v) is 3.09. The summed E-state index contributed by atoms with van der Waals surface area (Å²) in [6, 6.07) is 1.09. The van der Waals surface area contributed by atoms with Gasteiger partial charge in [0.25, 0.3) is 5.56 Å². The molecule has 1 aliphatic heterocycles. The van der Waals surface area contributed by atoms with Crippen LogP contribution in [0, 0.1) is 0 Å². The predicted molar refractivity (Wildman–Crippen MR) is 94.8 cm³/mol. The molecule has 130 valence electrons. The highest BCUT2D eigenvalue weighted by molar-refractivity contribution is 6.76. The molecule has 1 aromatic heterocycles. The van der Waals surface area contributed by atoms with Gasteiger partial charge in [-0.25, -0.2) is 4.98 Å². The average Bonchev–Trinajstić information content (AvgIpc) is 2.42. The molecule has 1 fully saturated rings. The molecule has 0 bridgehead atoms. The molecule has 1 saturated heterocycles. The molecule has 0 radical (unpaired) electrons. The number of aliphatic hydroxyl groups excluding tert-OH is 1. The van der Waals surface area contributed by atoms with E-state index in [1.165, 1.54) is 0 Å². The number of ether oxygens (including phenoxy) is 1. The maximum atomic E-state index is 12.6. The molecule has 0 saturated carbocycles. The molecular formula is C16H29N3O3Si. The minimum Gasteiger partial charge on any atom is -0.396 e. The van der Waals surface area contributed by atoms with E-state index in [1.807, 2.05) is 4.90 Å². The van der Waals surface area contributed by atoms with Crippen LogP contribution in [0.15, 0.2) is 11.0 Å². The normalized spacial score (nSPS) is 14.9. The molecule has 7 heteroatoms. The van der Waals surface area contributed by atoms with Crippen molar-refractivity contribution in [2.75, 3.05) is 31.2 Å². The standard InChI is InChI=1S/C16H29N3O3Si/c1-23(2,3)11-10-22-13-19-12-14(6-4-9-20)17-15(16(19)21)18-7-5-8-18/h12,20H,4-11,13H2,1-3H3. The number of aliphatic hydroxyl groups is 1. The van der Waals surface area contributed by atoms with E-state index in [-0.39, 0.29) is 18.9 Å². The Labute approximate surface area is 139 Å². The minimum absolute atomic E-state index is 0.0783. The first-order chi connectivity index (χ1) is 10.9. The van der Waals surface area contributed by atoms with Gasteiger partial charge >= 0.3 is 0 Å². The Morgan fingerprint density at radius 3 is 2.65 bits per heavy atom.